The normalized spacial score (nSPS) is 50.2. The van der Waals surface area contributed by atoms with Crippen molar-refractivity contribution in [1.82, 2.24) is 0 Å². The summed E-state index contributed by atoms with van der Waals surface area (Å²) >= 11 is 0. The summed E-state index contributed by atoms with van der Waals surface area (Å²) in [4.78, 5) is 24.2. The molecule has 0 bridgehead atoms. The molecule has 0 saturated heterocycles. The Morgan fingerprint density at radius 2 is 2.00 bits per heavy atom. The van der Waals surface area contributed by atoms with Gasteiger partial charge >= 0.3 is 0 Å². The van der Waals surface area contributed by atoms with E-state index in [0.29, 0.717) is 0 Å². The number of hydrogen-bond donors (Lipinski definition) is 3. The minimum absolute atomic E-state index is 0.00940. The van der Waals surface area contributed by atoms with E-state index in [1.165, 1.54) is 0 Å². The number of carbonyl (C=O) groups is 2. The number of carbonyl (C=O) groups excluding carboxylic acids is 2. The number of ketones is 2. The molecule has 0 heterocycles. The van der Waals surface area contributed by atoms with Crippen molar-refractivity contribution in [1.29, 1.82) is 0 Å². The molecule has 4 rings (SSSR count). The zero-order valence-electron chi connectivity index (χ0n) is 16.0. The number of hydrogen-bond acceptors (Lipinski definition) is 5. The van der Waals surface area contributed by atoms with Gasteiger partial charge in [-0.2, -0.15) is 0 Å². The average Bonchev–Trinajstić information content (AvgIpc) is 2.91. The molecule has 4 aliphatic rings. The van der Waals surface area contributed by atoms with Crippen molar-refractivity contribution in [2.75, 3.05) is 6.61 Å². The number of aliphatic hydroxyl groups is 3. The van der Waals surface area contributed by atoms with Crippen LogP contribution < -0.4 is 0 Å². The zero-order valence-corrected chi connectivity index (χ0v) is 16.0. The van der Waals surface area contributed by atoms with Crippen molar-refractivity contribution in [2.45, 2.75) is 63.3 Å². The third kappa shape index (κ3) is 2.05. The Morgan fingerprint density at radius 3 is 2.64 bits per heavy atom. The maximum absolute atomic E-state index is 16.7. The van der Waals surface area contributed by atoms with E-state index in [0.717, 1.165) is 12.2 Å². The maximum atomic E-state index is 16.7. The lowest BCUT2D eigenvalue weighted by atomic mass is 9.45. The highest BCUT2D eigenvalue weighted by Crippen LogP contribution is 2.69. The lowest BCUT2D eigenvalue weighted by Gasteiger charge is -2.61. The summed E-state index contributed by atoms with van der Waals surface area (Å²) in [5.41, 5.74) is -6.67. The number of halogens is 2. The van der Waals surface area contributed by atoms with Gasteiger partial charge in [0.25, 0.3) is 0 Å². The molecular formula is C21H26F2O5. The van der Waals surface area contributed by atoms with Crippen LogP contribution in [-0.2, 0) is 9.59 Å². The van der Waals surface area contributed by atoms with Crippen molar-refractivity contribution in [3.05, 3.63) is 23.6 Å². The second-order valence-electron chi connectivity index (χ2n) is 9.39. The van der Waals surface area contributed by atoms with Crippen LogP contribution in [0, 0.1) is 22.7 Å². The van der Waals surface area contributed by atoms with Crippen molar-refractivity contribution in [3.63, 3.8) is 0 Å². The first kappa shape index (κ1) is 19.9. The van der Waals surface area contributed by atoms with Crippen LogP contribution in [0.4, 0.5) is 8.78 Å². The van der Waals surface area contributed by atoms with E-state index in [2.05, 4.69) is 0 Å². The van der Waals surface area contributed by atoms with Gasteiger partial charge in [-0.05, 0) is 43.8 Å². The van der Waals surface area contributed by atoms with Gasteiger partial charge in [-0.15, -0.1) is 0 Å². The third-order valence-corrected chi connectivity index (χ3v) is 8.41. The highest BCUT2D eigenvalue weighted by atomic mass is 19.1. The monoisotopic (exact) mass is 396 g/mol. The number of aliphatic hydroxyl groups excluding tert-OH is 2. The quantitative estimate of drug-likeness (QED) is 0.663. The van der Waals surface area contributed by atoms with Gasteiger partial charge in [-0.1, -0.05) is 13.8 Å². The van der Waals surface area contributed by atoms with E-state index in [-0.39, 0.29) is 43.5 Å². The van der Waals surface area contributed by atoms with Gasteiger partial charge in [0, 0.05) is 28.7 Å². The van der Waals surface area contributed by atoms with E-state index in [9.17, 15) is 24.9 Å². The molecule has 3 N–H and O–H groups in total. The van der Waals surface area contributed by atoms with Crippen molar-refractivity contribution < 1.29 is 33.7 Å². The second kappa shape index (κ2) is 5.80. The molecular weight excluding hydrogens is 370 g/mol. The van der Waals surface area contributed by atoms with Gasteiger partial charge in [-0.25, -0.2) is 8.78 Å². The standard InChI is InChI=1S/C21H26F2O5/c1-18-5-3-11(25)7-14(18)15(22)8-13-12-4-6-20(28,17(27)10-24)19(12,2)9-16(26)21(13,18)23/h7-8,12-13,16,24,26,28H,3-6,9-10H2,1-2H3/t12-,13-,16?,18-,19-,20-,21-/m0/s1. The van der Waals surface area contributed by atoms with Gasteiger partial charge in [0.1, 0.15) is 18.0 Å². The summed E-state index contributed by atoms with van der Waals surface area (Å²) in [5, 5.41) is 31.4. The highest BCUT2D eigenvalue weighted by Gasteiger charge is 2.74. The molecule has 0 radical (unpaired) electrons. The highest BCUT2D eigenvalue weighted by molar-refractivity contribution is 5.93. The van der Waals surface area contributed by atoms with Crippen LogP contribution in [0.1, 0.15) is 46.0 Å². The van der Waals surface area contributed by atoms with Crippen LogP contribution in [-0.4, -0.2) is 50.9 Å². The summed E-state index contributed by atoms with van der Waals surface area (Å²) in [6, 6.07) is 0. The van der Waals surface area contributed by atoms with Crippen LogP contribution in [0.25, 0.3) is 0 Å². The summed E-state index contributed by atoms with van der Waals surface area (Å²) in [6.45, 7) is 2.32. The van der Waals surface area contributed by atoms with Crippen molar-refractivity contribution in [3.8, 4) is 0 Å². The number of rotatable bonds is 2. The van der Waals surface area contributed by atoms with E-state index >= 15 is 8.78 Å². The Morgan fingerprint density at radius 1 is 1.32 bits per heavy atom. The first-order chi connectivity index (χ1) is 13.0. The smallest absolute Gasteiger partial charge is 0.190 e. The summed E-state index contributed by atoms with van der Waals surface area (Å²) in [5.74, 6) is -3.32. The Hall–Kier alpha value is -1.44. The Bertz CT molecular complexity index is 822. The fraction of sp³-hybridized carbons (Fsp3) is 0.714. The molecule has 0 aromatic carbocycles. The predicted octanol–water partition coefficient (Wildman–Crippen LogP) is 1.95. The number of alkyl halides is 1. The van der Waals surface area contributed by atoms with Crippen LogP contribution in [0.15, 0.2) is 23.6 Å². The minimum Gasteiger partial charge on any atom is -0.390 e. The Kier molecular flexibility index (Phi) is 4.11. The topological polar surface area (TPSA) is 94.8 Å². The Balaban J connectivity index is 1.89. The van der Waals surface area contributed by atoms with Gasteiger partial charge in [0.15, 0.2) is 17.2 Å². The Labute approximate surface area is 162 Å². The lowest BCUT2D eigenvalue weighted by Crippen LogP contribution is -2.69. The molecule has 7 heteroatoms. The molecule has 5 nitrogen and oxygen atoms in total. The second-order valence-corrected chi connectivity index (χ2v) is 9.39. The number of allylic oxidation sites excluding steroid dienone is 4. The summed E-state index contributed by atoms with van der Waals surface area (Å²) < 4.78 is 31.8. The minimum atomic E-state index is -2.22. The molecule has 0 amide bonds. The van der Waals surface area contributed by atoms with Gasteiger partial charge in [0.05, 0.1) is 6.10 Å². The molecule has 1 unspecified atom stereocenters. The van der Waals surface area contributed by atoms with Crippen LogP contribution in [0.5, 0.6) is 0 Å². The molecule has 0 aromatic rings. The van der Waals surface area contributed by atoms with E-state index in [4.69, 9.17) is 0 Å². The maximum Gasteiger partial charge on any atom is 0.190 e. The van der Waals surface area contributed by atoms with Gasteiger partial charge < -0.3 is 15.3 Å². The van der Waals surface area contributed by atoms with Gasteiger partial charge in [0.2, 0.25) is 0 Å². The van der Waals surface area contributed by atoms with E-state index in [1.54, 1.807) is 13.8 Å². The SMILES string of the molecule is C[C@]12CCC(=O)C=C1C(F)=C[C@H]1[C@@H]3CC[C@](O)(C(=O)CO)[C@@]3(C)CC(O)[C@@]12F. The molecule has 0 aliphatic heterocycles. The zero-order chi connectivity index (χ0) is 20.7. The van der Waals surface area contributed by atoms with Crippen LogP contribution in [0.2, 0.25) is 0 Å². The lowest BCUT2D eigenvalue weighted by molar-refractivity contribution is -0.211. The number of Topliss-reactive ketones (excluding diaryl/α,β-unsaturated/α-hetero) is 1. The first-order valence-electron chi connectivity index (χ1n) is 9.82. The fourth-order valence-corrected chi connectivity index (χ4v) is 6.68. The van der Waals surface area contributed by atoms with Crippen LogP contribution in [0.3, 0.4) is 0 Å². The molecule has 0 aromatic heterocycles. The molecule has 7 atom stereocenters. The van der Waals surface area contributed by atoms with Crippen molar-refractivity contribution in [2.24, 2.45) is 22.7 Å². The average molecular weight is 396 g/mol. The summed E-state index contributed by atoms with van der Waals surface area (Å²) in [7, 11) is 0. The molecule has 154 valence electrons. The van der Waals surface area contributed by atoms with Crippen LogP contribution >= 0.6 is 0 Å². The predicted molar refractivity (Wildman–Crippen MR) is 95.4 cm³/mol. The molecule has 28 heavy (non-hydrogen) atoms. The molecule has 2 fully saturated rings. The van der Waals surface area contributed by atoms with Crippen molar-refractivity contribution >= 4 is 11.6 Å². The molecule has 4 aliphatic carbocycles. The first-order valence-corrected chi connectivity index (χ1v) is 9.82. The largest absolute Gasteiger partial charge is 0.390 e. The van der Waals surface area contributed by atoms with Gasteiger partial charge in [-0.3, -0.25) is 9.59 Å². The fourth-order valence-electron chi connectivity index (χ4n) is 6.68. The van der Waals surface area contributed by atoms with E-state index in [1.807, 2.05) is 0 Å². The molecule has 0 spiro atoms. The van der Waals surface area contributed by atoms with E-state index < -0.39 is 58.3 Å². The molecule has 2 saturated carbocycles. The number of fused-ring (bicyclic) bond motifs is 5. The summed E-state index contributed by atoms with van der Waals surface area (Å²) in [6.07, 6.45) is 1.01. The third-order valence-electron chi connectivity index (χ3n) is 8.41.